The molecule has 1 N–H and O–H groups in total. The van der Waals surface area contributed by atoms with Gasteiger partial charge in [-0.25, -0.2) is 0 Å². The number of anilines is 2. The normalized spacial score (nSPS) is 13.2. The van der Waals surface area contributed by atoms with E-state index in [0.717, 1.165) is 11.4 Å². The molecule has 2 nitrogen and oxygen atoms in total. The first-order chi connectivity index (χ1) is 25.3. The summed E-state index contributed by atoms with van der Waals surface area (Å²) in [5.41, 5.74) is 15.8. The SMILES string of the molecule is C1=C(c2ccc(-n3c4ccccc4c4cc(-c5ccc(Nc6ccc(-c7ccccc7)cc6)c(-c6ccccc6)c5)ccc43)cc2)CCCCC1. The fraction of sp³-hybridized carbons (Fsp3) is 0.102. The van der Waals surface area contributed by atoms with Crippen molar-refractivity contribution in [3.05, 3.63) is 181 Å². The Labute approximate surface area is 300 Å². The number of nitrogens with zero attached hydrogens (tertiary/aromatic N) is 1. The first-order valence-corrected chi connectivity index (χ1v) is 18.2. The maximum atomic E-state index is 3.72. The molecule has 1 aromatic heterocycles. The lowest BCUT2D eigenvalue weighted by atomic mass is 9.96. The van der Waals surface area contributed by atoms with E-state index in [0.29, 0.717) is 0 Å². The molecular formula is C49H40N2. The zero-order valence-corrected chi connectivity index (χ0v) is 28.7. The van der Waals surface area contributed by atoms with Gasteiger partial charge in [-0.15, -0.1) is 0 Å². The standard InChI is InChI=1S/C49H40N2/c1-2-6-14-36(13-5-1)38-23-29-43(30-24-38)51-48-20-12-11-19-44(48)46-34-41(26-32-49(46)51)40-25-31-47(45(33-40)39-17-9-4-10-18-39)50-42-27-21-37(22-28-42)35-15-7-3-8-16-35/h3-4,7-13,15-34,50H,1-2,5-6,14H2. The molecule has 0 spiro atoms. The Morgan fingerprint density at radius 2 is 1.06 bits per heavy atom. The van der Waals surface area contributed by atoms with Crippen LogP contribution in [0.4, 0.5) is 11.4 Å². The summed E-state index contributed by atoms with van der Waals surface area (Å²) >= 11 is 0. The van der Waals surface area contributed by atoms with Crippen LogP contribution in [0.25, 0.3) is 66.4 Å². The highest BCUT2D eigenvalue weighted by Gasteiger charge is 2.15. The van der Waals surface area contributed by atoms with Gasteiger partial charge in [0.2, 0.25) is 0 Å². The molecule has 1 aliphatic rings. The third-order valence-electron chi connectivity index (χ3n) is 10.4. The van der Waals surface area contributed by atoms with Crippen LogP contribution in [0.1, 0.15) is 37.7 Å². The Hall–Kier alpha value is -6.12. The van der Waals surface area contributed by atoms with Crippen LogP contribution < -0.4 is 5.32 Å². The number of para-hydroxylation sites is 1. The van der Waals surface area contributed by atoms with Crippen molar-refractivity contribution in [1.29, 1.82) is 0 Å². The van der Waals surface area contributed by atoms with E-state index < -0.39 is 0 Å². The molecule has 9 rings (SSSR count). The monoisotopic (exact) mass is 656 g/mol. The topological polar surface area (TPSA) is 17.0 Å². The van der Waals surface area contributed by atoms with E-state index in [1.165, 1.54) is 104 Å². The van der Waals surface area contributed by atoms with Gasteiger partial charge in [0.15, 0.2) is 0 Å². The van der Waals surface area contributed by atoms with Crippen molar-refractivity contribution in [3.63, 3.8) is 0 Å². The molecule has 0 unspecified atom stereocenters. The van der Waals surface area contributed by atoms with E-state index in [1.54, 1.807) is 0 Å². The first kappa shape index (κ1) is 30.9. The van der Waals surface area contributed by atoms with Gasteiger partial charge >= 0.3 is 0 Å². The molecule has 0 bridgehead atoms. The Bertz CT molecular complexity index is 2490. The Morgan fingerprint density at radius 3 is 1.86 bits per heavy atom. The highest BCUT2D eigenvalue weighted by molar-refractivity contribution is 6.10. The van der Waals surface area contributed by atoms with Crippen LogP contribution in [-0.4, -0.2) is 4.57 Å². The lowest BCUT2D eigenvalue weighted by molar-refractivity contribution is 0.720. The average Bonchev–Trinajstić information content (AvgIpc) is 3.31. The van der Waals surface area contributed by atoms with Crippen LogP contribution in [0, 0.1) is 0 Å². The highest BCUT2D eigenvalue weighted by atomic mass is 15.0. The molecule has 0 amide bonds. The number of rotatable bonds is 7. The van der Waals surface area contributed by atoms with E-state index in [4.69, 9.17) is 0 Å². The minimum atomic E-state index is 1.06. The van der Waals surface area contributed by atoms with Crippen LogP contribution >= 0.6 is 0 Å². The molecule has 51 heavy (non-hydrogen) atoms. The van der Waals surface area contributed by atoms with Gasteiger partial charge in [-0.3, -0.25) is 0 Å². The molecule has 0 radical (unpaired) electrons. The van der Waals surface area contributed by atoms with E-state index in [9.17, 15) is 0 Å². The largest absolute Gasteiger partial charge is 0.355 e. The summed E-state index contributed by atoms with van der Waals surface area (Å²) < 4.78 is 2.42. The molecular weight excluding hydrogens is 617 g/mol. The molecule has 0 atom stereocenters. The minimum Gasteiger partial charge on any atom is -0.355 e. The second-order valence-corrected chi connectivity index (χ2v) is 13.7. The first-order valence-electron chi connectivity index (χ1n) is 18.2. The number of fused-ring (bicyclic) bond motifs is 3. The Kier molecular flexibility index (Phi) is 8.27. The highest BCUT2D eigenvalue weighted by Crippen LogP contribution is 2.39. The van der Waals surface area contributed by atoms with Crippen molar-refractivity contribution in [2.45, 2.75) is 32.1 Å². The van der Waals surface area contributed by atoms with Gasteiger partial charge in [-0.2, -0.15) is 0 Å². The summed E-state index contributed by atoms with van der Waals surface area (Å²) in [5, 5.41) is 6.26. The molecule has 2 heteroatoms. The maximum absolute atomic E-state index is 3.72. The zero-order chi connectivity index (χ0) is 34.0. The van der Waals surface area contributed by atoms with Crippen molar-refractivity contribution in [2.75, 3.05) is 5.32 Å². The summed E-state index contributed by atoms with van der Waals surface area (Å²) in [7, 11) is 0. The number of hydrogen-bond acceptors (Lipinski definition) is 1. The molecule has 8 aromatic rings. The summed E-state index contributed by atoms with van der Waals surface area (Å²) in [6.07, 6.45) is 8.77. The quantitative estimate of drug-likeness (QED) is 0.181. The smallest absolute Gasteiger partial charge is 0.0541 e. The van der Waals surface area contributed by atoms with Gasteiger partial charge in [0.05, 0.1) is 11.0 Å². The zero-order valence-electron chi connectivity index (χ0n) is 28.7. The van der Waals surface area contributed by atoms with Crippen LogP contribution in [0.15, 0.2) is 176 Å². The third kappa shape index (κ3) is 6.15. The molecule has 0 fully saturated rings. The molecule has 0 aliphatic heterocycles. The van der Waals surface area contributed by atoms with Crippen LogP contribution in [0.3, 0.4) is 0 Å². The number of allylic oxidation sites excluding steroid dienone is 2. The van der Waals surface area contributed by atoms with E-state index in [1.807, 2.05) is 0 Å². The van der Waals surface area contributed by atoms with Gasteiger partial charge in [0, 0.05) is 33.4 Å². The van der Waals surface area contributed by atoms with E-state index >= 15 is 0 Å². The second kappa shape index (κ2) is 13.7. The van der Waals surface area contributed by atoms with E-state index in [2.05, 4.69) is 186 Å². The number of nitrogens with one attached hydrogen (secondary N) is 1. The predicted molar refractivity (Wildman–Crippen MR) is 218 cm³/mol. The number of aromatic nitrogens is 1. The number of hydrogen-bond donors (Lipinski definition) is 1. The van der Waals surface area contributed by atoms with Gasteiger partial charge < -0.3 is 9.88 Å². The fourth-order valence-corrected chi connectivity index (χ4v) is 7.75. The van der Waals surface area contributed by atoms with Gasteiger partial charge in [-0.1, -0.05) is 128 Å². The average molecular weight is 657 g/mol. The molecule has 1 heterocycles. The minimum absolute atomic E-state index is 1.06. The van der Waals surface area contributed by atoms with Crippen molar-refractivity contribution in [2.24, 2.45) is 0 Å². The predicted octanol–water partition coefficient (Wildman–Crippen LogP) is 13.9. The Balaban J connectivity index is 1.08. The van der Waals surface area contributed by atoms with Crippen LogP contribution in [0.2, 0.25) is 0 Å². The summed E-state index contributed by atoms with van der Waals surface area (Å²) in [6.45, 7) is 0. The van der Waals surface area contributed by atoms with Crippen molar-refractivity contribution >= 4 is 38.8 Å². The van der Waals surface area contributed by atoms with Crippen molar-refractivity contribution in [1.82, 2.24) is 4.57 Å². The summed E-state index contributed by atoms with van der Waals surface area (Å²) in [5.74, 6) is 0. The third-order valence-corrected chi connectivity index (χ3v) is 10.4. The molecule has 7 aromatic carbocycles. The van der Waals surface area contributed by atoms with E-state index in [-0.39, 0.29) is 0 Å². The number of benzene rings is 7. The maximum Gasteiger partial charge on any atom is 0.0541 e. The summed E-state index contributed by atoms with van der Waals surface area (Å²) in [4.78, 5) is 0. The lowest BCUT2D eigenvalue weighted by Gasteiger charge is -2.15. The Morgan fingerprint density at radius 1 is 0.431 bits per heavy atom. The van der Waals surface area contributed by atoms with Crippen molar-refractivity contribution in [3.8, 4) is 39.1 Å². The van der Waals surface area contributed by atoms with Gasteiger partial charge in [-0.05, 0) is 119 Å². The molecule has 246 valence electrons. The fourth-order valence-electron chi connectivity index (χ4n) is 7.75. The summed E-state index contributed by atoms with van der Waals surface area (Å²) in [6, 6.07) is 61.7. The van der Waals surface area contributed by atoms with Gasteiger partial charge in [0.25, 0.3) is 0 Å². The second-order valence-electron chi connectivity index (χ2n) is 13.7. The van der Waals surface area contributed by atoms with Crippen molar-refractivity contribution < 1.29 is 0 Å². The lowest BCUT2D eigenvalue weighted by Crippen LogP contribution is -1.95. The van der Waals surface area contributed by atoms with Gasteiger partial charge in [0.1, 0.15) is 0 Å². The van der Waals surface area contributed by atoms with Crippen LogP contribution in [-0.2, 0) is 0 Å². The van der Waals surface area contributed by atoms with Crippen LogP contribution in [0.5, 0.6) is 0 Å². The molecule has 1 aliphatic carbocycles. The molecule has 0 saturated carbocycles. The molecule has 0 saturated heterocycles.